The van der Waals surface area contributed by atoms with Gasteiger partial charge in [-0.2, -0.15) is 0 Å². The zero-order valence-corrected chi connectivity index (χ0v) is 12.6. The first kappa shape index (κ1) is 14.8. The third kappa shape index (κ3) is 3.71. The number of halogens is 1. The van der Waals surface area contributed by atoms with E-state index in [9.17, 15) is 0 Å². The molecule has 1 aromatic rings. The van der Waals surface area contributed by atoms with Gasteiger partial charge in [0.2, 0.25) is 0 Å². The maximum atomic E-state index is 6.13. The molecule has 1 aromatic carbocycles. The molecule has 3 heteroatoms. The van der Waals surface area contributed by atoms with E-state index >= 15 is 0 Å². The summed E-state index contributed by atoms with van der Waals surface area (Å²) in [5.41, 5.74) is 7.33. The van der Waals surface area contributed by atoms with Crippen molar-refractivity contribution in [3.8, 4) is 0 Å². The van der Waals surface area contributed by atoms with E-state index in [0.717, 1.165) is 11.6 Å². The first-order chi connectivity index (χ1) is 9.26. The van der Waals surface area contributed by atoms with Gasteiger partial charge in [0.05, 0.1) is 0 Å². The second kappa shape index (κ2) is 7.28. The van der Waals surface area contributed by atoms with Crippen molar-refractivity contribution in [1.82, 2.24) is 4.90 Å². The van der Waals surface area contributed by atoms with Crippen LogP contribution in [0.25, 0.3) is 0 Å². The maximum Gasteiger partial charge on any atom is 0.0473 e. The minimum Gasteiger partial charge on any atom is -0.329 e. The van der Waals surface area contributed by atoms with Gasteiger partial charge in [0.15, 0.2) is 0 Å². The summed E-state index contributed by atoms with van der Waals surface area (Å²) in [7, 11) is 0. The predicted octanol–water partition coefficient (Wildman–Crippen LogP) is 3.99. The molecule has 1 aliphatic heterocycles. The van der Waals surface area contributed by atoms with Crippen molar-refractivity contribution >= 4 is 11.6 Å². The van der Waals surface area contributed by atoms with E-state index < -0.39 is 0 Å². The predicted molar refractivity (Wildman–Crippen MR) is 82.5 cm³/mol. The van der Waals surface area contributed by atoms with E-state index in [-0.39, 0.29) is 0 Å². The number of nitrogens with two attached hydrogens (primary N) is 1. The highest BCUT2D eigenvalue weighted by atomic mass is 35.5. The smallest absolute Gasteiger partial charge is 0.0473 e. The van der Waals surface area contributed by atoms with Gasteiger partial charge in [0, 0.05) is 23.7 Å². The van der Waals surface area contributed by atoms with Crippen molar-refractivity contribution in [2.75, 3.05) is 13.1 Å². The molecule has 0 saturated carbocycles. The number of rotatable bonds is 4. The molecule has 2 unspecified atom stereocenters. The summed E-state index contributed by atoms with van der Waals surface area (Å²) in [5, 5.41) is 0.804. The summed E-state index contributed by atoms with van der Waals surface area (Å²) in [4.78, 5) is 2.61. The Hall–Kier alpha value is -0.570. The van der Waals surface area contributed by atoms with Gasteiger partial charge in [-0.05, 0) is 43.5 Å². The topological polar surface area (TPSA) is 29.3 Å². The Morgan fingerprint density at radius 1 is 1.37 bits per heavy atom. The third-order valence-electron chi connectivity index (χ3n) is 4.25. The number of nitrogens with zero attached hydrogens (tertiary/aromatic N) is 1. The van der Waals surface area contributed by atoms with E-state index in [1.165, 1.54) is 37.7 Å². The minimum absolute atomic E-state index is 0.307. The first-order valence-corrected chi connectivity index (χ1v) is 7.85. The molecule has 1 aliphatic rings. The van der Waals surface area contributed by atoms with E-state index in [1.807, 2.05) is 12.1 Å². The fraction of sp³-hybridized carbons (Fsp3) is 0.625. The van der Waals surface area contributed by atoms with Gasteiger partial charge in [-0.15, -0.1) is 0 Å². The Balaban J connectivity index is 2.23. The number of benzene rings is 1. The summed E-state index contributed by atoms with van der Waals surface area (Å²) < 4.78 is 0. The van der Waals surface area contributed by atoms with Crippen molar-refractivity contribution in [2.24, 2.45) is 5.73 Å². The molecule has 1 heterocycles. The molecular formula is C16H25ClN2. The van der Waals surface area contributed by atoms with Crippen LogP contribution in [-0.4, -0.2) is 24.0 Å². The molecule has 0 aliphatic carbocycles. The molecule has 2 rings (SSSR count). The van der Waals surface area contributed by atoms with Crippen molar-refractivity contribution in [3.05, 3.63) is 34.9 Å². The molecule has 19 heavy (non-hydrogen) atoms. The average Bonchev–Trinajstić information content (AvgIpc) is 2.65. The lowest BCUT2D eigenvalue weighted by Gasteiger charge is -2.36. The second-order valence-electron chi connectivity index (χ2n) is 5.46. The summed E-state index contributed by atoms with van der Waals surface area (Å²) in [6, 6.07) is 9.15. The first-order valence-electron chi connectivity index (χ1n) is 7.47. The normalized spacial score (nSPS) is 23.0. The van der Waals surface area contributed by atoms with Gasteiger partial charge in [-0.3, -0.25) is 4.90 Å². The van der Waals surface area contributed by atoms with Crippen LogP contribution < -0.4 is 5.73 Å². The number of hydrogen-bond acceptors (Lipinski definition) is 2. The summed E-state index contributed by atoms with van der Waals surface area (Å²) in [6.07, 6.45) is 6.49. The lowest BCUT2D eigenvalue weighted by atomic mass is 10.0. The van der Waals surface area contributed by atoms with Crippen molar-refractivity contribution in [2.45, 2.75) is 51.1 Å². The fourth-order valence-corrected chi connectivity index (χ4v) is 3.42. The van der Waals surface area contributed by atoms with Gasteiger partial charge >= 0.3 is 0 Å². The molecule has 0 amide bonds. The minimum atomic E-state index is 0.307. The maximum absolute atomic E-state index is 6.13. The van der Waals surface area contributed by atoms with Crippen molar-refractivity contribution < 1.29 is 0 Å². The van der Waals surface area contributed by atoms with Crippen molar-refractivity contribution in [1.29, 1.82) is 0 Å². The van der Waals surface area contributed by atoms with Crippen LogP contribution in [-0.2, 0) is 0 Å². The molecule has 2 atom stereocenters. The van der Waals surface area contributed by atoms with Gasteiger partial charge in [0.1, 0.15) is 0 Å². The molecule has 106 valence electrons. The highest BCUT2D eigenvalue weighted by Gasteiger charge is 2.26. The standard InChI is InChI=1S/C16H25ClN2/c1-2-15-9-4-3-5-10-19(15)16(12-18)13-7-6-8-14(17)11-13/h6-8,11,15-16H,2-5,9-10,12,18H2,1H3. The van der Waals surface area contributed by atoms with Crippen LogP contribution >= 0.6 is 11.6 Å². The van der Waals surface area contributed by atoms with Gasteiger partial charge in [-0.25, -0.2) is 0 Å². The third-order valence-corrected chi connectivity index (χ3v) is 4.49. The summed E-state index contributed by atoms with van der Waals surface area (Å²) in [6.45, 7) is 4.11. The van der Waals surface area contributed by atoms with Gasteiger partial charge < -0.3 is 5.73 Å². The molecule has 0 spiro atoms. The molecular weight excluding hydrogens is 256 g/mol. The molecule has 1 fully saturated rings. The van der Waals surface area contributed by atoms with Crippen LogP contribution in [0, 0.1) is 0 Å². The molecule has 0 aromatic heterocycles. The summed E-state index contributed by atoms with van der Waals surface area (Å²) >= 11 is 6.13. The largest absolute Gasteiger partial charge is 0.329 e. The highest BCUT2D eigenvalue weighted by molar-refractivity contribution is 6.30. The monoisotopic (exact) mass is 280 g/mol. The van der Waals surface area contributed by atoms with Gasteiger partial charge in [-0.1, -0.05) is 43.5 Å². The Bertz CT molecular complexity index is 394. The van der Waals surface area contributed by atoms with Crippen LogP contribution in [0.2, 0.25) is 5.02 Å². The van der Waals surface area contributed by atoms with E-state index in [0.29, 0.717) is 18.6 Å². The van der Waals surface area contributed by atoms with E-state index in [2.05, 4.69) is 24.0 Å². The molecule has 0 radical (unpaired) electrons. The lowest BCUT2D eigenvalue weighted by molar-refractivity contribution is 0.136. The van der Waals surface area contributed by atoms with Crippen LogP contribution in [0.1, 0.15) is 50.6 Å². The Morgan fingerprint density at radius 2 is 2.21 bits per heavy atom. The van der Waals surface area contributed by atoms with Crippen LogP contribution in [0.4, 0.5) is 0 Å². The second-order valence-corrected chi connectivity index (χ2v) is 5.89. The zero-order chi connectivity index (χ0) is 13.7. The summed E-state index contributed by atoms with van der Waals surface area (Å²) in [5.74, 6) is 0. The Kier molecular flexibility index (Phi) is 5.68. The quantitative estimate of drug-likeness (QED) is 0.903. The van der Waals surface area contributed by atoms with Crippen molar-refractivity contribution in [3.63, 3.8) is 0 Å². The lowest BCUT2D eigenvalue weighted by Crippen LogP contribution is -2.41. The fourth-order valence-electron chi connectivity index (χ4n) is 3.23. The van der Waals surface area contributed by atoms with Crippen LogP contribution in [0.15, 0.2) is 24.3 Å². The molecule has 2 N–H and O–H groups in total. The van der Waals surface area contributed by atoms with Crippen LogP contribution in [0.3, 0.4) is 0 Å². The Morgan fingerprint density at radius 3 is 2.89 bits per heavy atom. The Labute approximate surface area is 121 Å². The van der Waals surface area contributed by atoms with Gasteiger partial charge in [0.25, 0.3) is 0 Å². The molecule has 2 nitrogen and oxygen atoms in total. The number of likely N-dealkylation sites (tertiary alicyclic amines) is 1. The molecule has 0 bridgehead atoms. The zero-order valence-electron chi connectivity index (χ0n) is 11.8. The highest BCUT2D eigenvalue weighted by Crippen LogP contribution is 2.29. The van der Waals surface area contributed by atoms with E-state index in [1.54, 1.807) is 0 Å². The SMILES string of the molecule is CCC1CCCCCN1C(CN)c1cccc(Cl)c1. The average molecular weight is 281 g/mol. The number of hydrogen-bond donors (Lipinski definition) is 1. The van der Waals surface area contributed by atoms with Crippen LogP contribution in [0.5, 0.6) is 0 Å². The van der Waals surface area contributed by atoms with E-state index in [4.69, 9.17) is 17.3 Å². The molecule has 1 saturated heterocycles.